The molecule has 8 nitrogen and oxygen atoms in total. The van der Waals surface area contributed by atoms with Crippen LogP contribution in [0.5, 0.6) is 0 Å². The number of aryl methyl sites for hydroxylation is 3. The third kappa shape index (κ3) is 4.51. The van der Waals surface area contributed by atoms with Gasteiger partial charge >= 0.3 is 5.97 Å². The standard InChI is InChI=1S/C22H20N4O4S/c1-13-6-8-26-19(9-13)24-16(10-20(26)27)11-29-22(28)17-5-4-7-23-21(17)31-12-18-14(2)25-30-15(18)3/h4-10H,11-12H2,1-3H3. The predicted octanol–water partition coefficient (Wildman–Crippen LogP) is 3.65. The number of ether oxygens (including phenoxy) is 1. The van der Waals surface area contributed by atoms with Gasteiger partial charge in [0.25, 0.3) is 5.56 Å². The molecule has 0 aliphatic rings. The quantitative estimate of drug-likeness (QED) is 0.334. The van der Waals surface area contributed by atoms with Crippen molar-refractivity contribution in [3.8, 4) is 0 Å². The van der Waals surface area contributed by atoms with Gasteiger partial charge in [0.05, 0.1) is 17.0 Å². The van der Waals surface area contributed by atoms with Crippen molar-refractivity contribution in [3.63, 3.8) is 0 Å². The largest absolute Gasteiger partial charge is 0.456 e. The molecule has 4 rings (SSSR count). The lowest BCUT2D eigenvalue weighted by Gasteiger charge is -2.09. The number of rotatable bonds is 6. The van der Waals surface area contributed by atoms with Gasteiger partial charge in [-0.15, -0.1) is 11.8 Å². The Morgan fingerprint density at radius 1 is 1.23 bits per heavy atom. The SMILES string of the molecule is Cc1ccn2c(=O)cc(COC(=O)c3cccnc3SCc3c(C)noc3C)nc2c1. The minimum atomic E-state index is -0.527. The van der Waals surface area contributed by atoms with Gasteiger partial charge in [-0.3, -0.25) is 9.20 Å². The smallest absolute Gasteiger partial charge is 0.341 e. The summed E-state index contributed by atoms with van der Waals surface area (Å²) in [5.74, 6) is 0.787. The van der Waals surface area contributed by atoms with Crippen LogP contribution in [-0.2, 0) is 17.1 Å². The Labute approximate surface area is 182 Å². The summed E-state index contributed by atoms with van der Waals surface area (Å²) in [6.07, 6.45) is 3.30. The van der Waals surface area contributed by atoms with E-state index in [4.69, 9.17) is 9.26 Å². The van der Waals surface area contributed by atoms with E-state index in [1.54, 1.807) is 30.6 Å². The van der Waals surface area contributed by atoms with E-state index < -0.39 is 5.97 Å². The maximum atomic E-state index is 12.7. The third-order valence-corrected chi connectivity index (χ3v) is 5.78. The monoisotopic (exact) mass is 436 g/mol. The van der Waals surface area contributed by atoms with Crippen molar-refractivity contribution >= 4 is 23.4 Å². The number of carbonyl (C=O) groups excluding carboxylic acids is 1. The maximum Gasteiger partial charge on any atom is 0.341 e. The van der Waals surface area contributed by atoms with Crippen LogP contribution >= 0.6 is 11.8 Å². The molecule has 4 aromatic rings. The van der Waals surface area contributed by atoms with Gasteiger partial charge in [-0.25, -0.2) is 14.8 Å². The minimum absolute atomic E-state index is 0.110. The van der Waals surface area contributed by atoms with Crippen LogP contribution in [0.3, 0.4) is 0 Å². The lowest BCUT2D eigenvalue weighted by atomic mass is 10.2. The van der Waals surface area contributed by atoms with Gasteiger partial charge in [0, 0.05) is 29.8 Å². The normalized spacial score (nSPS) is 11.1. The molecule has 0 N–H and O–H groups in total. The van der Waals surface area contributed by atoms with Gasteiger partial charge in [0.2, 0.25) is 0 Å². The summed E-state index contributed by atoms with van der Waals surface area (Å²) in [5.41, 5.74) is 3.80. The highest BCUT2D eigenvalue weighted by Gasteiger charge is 2.17. The molecule has 9 heteroatoms. The van der Waals surface area contributed by atoms with Crippen LogP contribution in [0.4, 0.5) is 0 Å². The molecule has 0 amide bonds. The predicted molar refractivity (Wildman–Crippen MR) is 115 cm³/mol. The van der Waals surface area contributed by atoms with Crippen molar-refractivity contribution in [2.24, 2.45) is 0 Å². The zero-order valence-corrected chi connectivity index (χ0v) is 18.1. The fourth-order valence-corrected chi connectivity index (χ4v) is 4.19. The van der Waals surface area contributed by atoms with Crippen LogP contribution in [0.15, 0.2) is 57.1 Å². The number of pyridine rings is 2. The second kappa shape index (κ2) is 8.73. The Morgan fingerprint density at radius 2 is 2.06 bits per heavy atom. The summed E-state index contributed by atoms with van der Waals surface area (Å²) in [6.45, 7) is 5.54. The molecule has 0 aliphatic heterocycles. The highest BCUT2D eigenvalue weighted by Crippen LogP contribution is 2.27. The van der Waals surface area contributed by atoms with Crippen LogP contribution in [0.2, 0.25) is 0 Å². The number of carbonyl (C=O) groups is 1. The highest BCUT2D eigenvalue weighted by atomic mass is 32.2. The van der Waals surface area contributed by atoms with Gasteiger partial charge in [-0.2, -0.15) is 0 Å². The van der Waals surface area contributed by atoms with E-state index >= 15 is 0 Å². The summed E-state index contributed by atoms with van der Waals surface area (Å²) in [4.78, 5) is 33.8. The molecule has 4 heterocycles. The van der Waals surface area contributed by atoms with Gasteiger partial charge in [-0.05, 0) is 50.6 Å². The molecule has 0 bridgehead atoms. The van der Waals surface area contributed by atoms with Gasteiger partial charge in [0.1, 0.15) is 23.0 Å². The van der Waals surface area contributed by atoms with Crippen LogP contribution in [0.1, 0.15) is 38.6 Å². The van der Waals surface area contributed by atoms with Crippen molar-refractivity contribution in [3.05, 3.63) is 86.9 Å². The minimum Gasteiger partial charge on any atom is -0.456 e. The van der Waals surface area contributed by atoms with E-state index in [9.17, 15) is 9.59 Å². The maximum absolute atomic E-state index is 12.7. The molecule has 0 spiro atoms. The van der Waals surface area contributed by atoms with Crippen LogP contribution in [0, 0.1) is 20.8 Å². The first kappa shape index (κ1) is 20.8. The topological polar surface area (TPSA) is 99.6 Å². The average Bonchev–Trinajstić information content (AvgIpc) is 3.07. The van der Waals surface area contributed by atoms with E-state index in [1.165, 1.54) is 22.2 Å². The van der Waals surface area contributed by atoms with Crippen molar-refractivity contribution in [1.29, 1.82) is 0 Å². The van der Waals surface area contributed by atoms with Gasteiger partial charge < -0.3 is 9.26 Å². The highest BCUT2D eigenvalue weighted by molar-refractivity contribution is 7.98. The van der Waals surface area contributed by atoms with Crippen molar-refractivity contribution < 1.29 is 14.1 Å². The zero-order chi connectivity index (χ0) is 22.0. The Kier molecular flexibility index (Phi) is 5.85. The Balaban J connectivity index is 1.49. The molecular weight excluding hydrogens is 416 g/mol. The number of thioether (sulfide) groups is 1. The summed E-state index contributed by atoms with van der Waals surface area (Å²) in [6, 6.07) is 8.35. The molecule has 0 atom stereocenters. The third-order valence-electron chi connectivity index (χ3n) is 4.75. The van der Waals surface area contributed by atoms with Gasteiger partial charge in [-0.1, -0.05) is 5.16 Å². The zero-order valence-electron chi connectivity index (χ0n) is 17.3. The number of aromatic nitrogens is 4. The first-order valence-electron chi connectivity index (χ1n) is 9.58. The fourth-order valence-electron chi connectivity index (χ4n) is 3.05. The molecule has 0 aliphatic carbocycles. The Morgan fingerprint density at radius 3 is 2.84 bits per heavy atom. The second-order valence-electron chi connectivity index (χ2n) is 7.04. The fraction of sp³-hybridized carbons (Fsp3) is 0.227. The lowest BCUT2D eigenvalue weighted by molar-refractivity contribution is 0.0462. The number of hydrogen-bond donors (Lipinski definition) is 0. The summed E-state index contributed by atoms with van der Waals surface area (Å²) in [5, 5.41) is 4.50. The molecule has 0 saturated carbocycles. The molecular formula is C22H20N4O4S. The van der Waals surface area contributed by atoms with Gasteiger partial charge in [0.15, 0.2) is 0 Å². The first-order chi connectivity index (χ1) is 14.9. The number of nitrogens with zero attached hydrogens (tertiary/aromatic N) is 4. The lowest BCUT2D eigenvalue weighted by Crippen LogP contribution is -2.17. The van der Waals surface area contributed by atoms with E-state index in [2.05, 4.69) is 15.1 Å². The molecule has 0 aromatic carbocycles. The van der Waals surface area contributed by atoms with E-state index in [0.717, 1.165) is 22.6 Å². The molecule has 31 heavy (non-hydrogen) atoms. The van der Waals surface area contributed by atoms with Crippen LogP contribution < -0.4 is 5.56 Å². The molecule has 0 unspecified atom stereocenters. The van der Waals surface area contributed by atoms with Crippen LogP contribution in [-0.4, -0.2) is 25.5 Å². The van der Waals surface area contributed by atoms with E-state index in [-0.39, 0.29) is 12.2 Å². The van der Waals surface area contributed by atoms with E-state index in [0.29, 0.717) is 27.7 Å². The van der Waals surface area contributed by atoms with Crippen molar-refractivity contribution in [1.82, 2.24) is 19.5 Å². The van der Waals surface area contributed by atoms with Crippen molar-refractivity contribution in [2.75, 3.05) is 0 Å². The van der Waals surface area contributed by atoms with E-state index in [1.807, 2.05) is 26.8 Å². The molecule has 4 aromatic heterocycles. The molecule has 0 fully saturated rings. The summed E-state index contributed by atoms with van der Waals surface area (Å²) in [7, 11) is 0. The number of esters is 1. The summed E-state index contributed by atoms with van der Waals surface area (Å²) >= 11 is 1.41. The molecule has 0 saturated heterocycles. The summed E-state index contributed by atoms with van der Waals surface area (Å²) < 4.78 is 12.1. The Bertz CT molecular complexity index is 1310. The number of hydrogen-bond acceptors (Lipinski definition) is 8. The Hall–Kier alpha value is -3.46. The second-order valence-corrected chi connectivity index (χ2v) is 8.01. The van der Waals surface area contributed by atoms with Crippen molar-refractivity contribution in [2.45, 2.75) is 38.2 Å². The van der Waals surface area contributed by atoms with Crippen LogP contribution in [0.25, 0.3) is 5.65 Å². The number of fused-ring (bicyclic) bond motifs is 1. The average molecular weight is 436 g/mol. The molecule has 158 valence electrons. The first-order valence-corrected chi connectivity index (χ1v) is 10.6. The molecule has 0 radical (unpaired) electrons.